The molecule has 0 N–H and O–H groups in total. The number of rotatable bonds is 4. The number of esters is 1. The molecule has 0 spiro atoms. The Morgan fingerprint density at radius 2 is 1.94 bits per heavy atom. The standard InChI is InChI=1S/C12H13NO4/c1-4-17-12(14)9-6-5-8(7-13)10(15-2)11(9)16-3/h5-6H,4H2,1-3H3. The van der Waals surface area contributed by atoms with Crippen LogP contribution in [-0.2, 0) is 4.74 Å². The van der Waals surface area contributed by atoms with Gasteiger partial charge in [0.05, 0.1) is 26.4 Å². The van der Waals surface area contributed by atoms with Gasteiger partial charge in [-0.3, -0.25) is 0 Å². The summed E-state index contributed by atoms with van der Waals surface area (Å²) in [5.74, 6) is -0.0577. The number of hydrogen-bond donors (Lipinski definition) is 0. The van der Waals surface area contributed by atoms with E-state index >= 15 is 0 Å². The van der Waals surface area contributed by atoms with Crippen LogP contribution in [0.5, 0.6) is 11.5 Å². The van der Waals surface area contributed by atoms with E-state index < -0.39 is 5.97 Å². The Morgan fingerprint density at radius 3 is 2.41 bits per heavy atom. The Morgan fingerprint density at radius 1 is 1.29 bits per heavy atom. The number of carbonyl (C=O) groups excluding carboxylic acids is 1. The number of ether oxygens (including phenoxy) is 3. The molecule has 0 unspecified atom stereocenters. The second kappa shape index (κ2) is 5.75. The summed E-state index contributed by atoms with van der Waals surface area (Å²) < 4.78 is 15.1. The second-order valence-corrected chi connectivity index (χ2v) is 3.06. The Bertz CT molecular complexity index is 462. The van der Waals surface area contributed by atoms with Gasteiger partial charge in [0.25, 0.3) is 0 Å². The van der Waals surface area contributed by atoms with Gasteiger partial charge in [0.1, 0.15) is 11.6 Å². The van der Waals surface area contributed by atoms with E-state index in [1.807, 2.05) is 6.07 Å². The number of hydrogen-bond acceptors (Lipinski definition) is 5. The summed E-state index contributed by atoms with van der Waals surface area (Å²) >= 11 is 0. The highest BCUT2D eigenvalue weighted by molar-refractivity contribution is 5.94. The van der Waals surface area contributed by atoms with Gasteiger partial charge in [-0.1, -0.05) is 0 Å². The fourth-order valence-electron chi connectivity index (χ4n) is 1.43. The van der Waals surface area contributed by atoms with Crippen molar-refractivity contribution in [2.24, 2.45) is 0 Å². The maximum absolute atomic E-state index is 11.7. The molecule has 0 saturated heterocycles. The molecule has 0 fully saturated rings. The molecule has 5 nitrogen and oxygen atoms in total. The third kappa shape index (κ3) is 2.48. The molecule has 0 saturated carbocycles. The highest BCUT2D eigenvalue weighted by Gasteiger charge is 2.20. The number of nitriles is 1. The van der Waals surface area contributed by atoms with Crippen molar-refractivity contribution in [3.63, 3.8) is 0 Å². The number of methoxy groups -OCH3 is 2. The lowest BCUT2D eigenvalue weighted by atomic mass is 10.1. The molecule has 0 aliphatic rings. The van der Waals surface area contributed by atoms with Gasteiger partial charge in [0.2, 0.25) is 0 Å². The Kier molecular flexibility index (Phi) is 4.35. The molecule has 0 heterocycles. The zero-order valence-corrected chi connectivity index (χ0v) is 9.94. The van der Waals surface area contributed by atoms with Crippen molar-refractivity contribution in [2.75, 3.05) is 20.8 Å². The zero-order valence-electron chi connectivity index (χ0n) is 9.94. The molecular formula is C12H13NO4. The number of benzene rings is 1. The first kappa shape index (κ1) is 12.8. The van der Waals surface area contributed by atoms with Crippen LogP contribution in [0, 0.1) is 11.3 Å². The topological polar surface area (TPSA) is 68.6 Å². The molecule has 5 heteroatoms. The van der Waals surface area contributed by atoms with Crippen molar-refractivity contribution >= 4 is 5.97 Å². The summed E-state index contributed by atoms with van der Waals surface area (Å²) in [4.78, 5) is 11.7. The summed E-state index contributed by atoms with van der Waals surface area (Å²) in [6, 6.07) is 4.94. The molecule has 0 aliphatic heterocycles. The van der Waals surface area contributed by atoms with E-state index in [2.05, 4.69) is 0 Å². The summed E-state index contributed by atoms with van der Waals surface area (Å²) in [5, 5.41) is 8.90. The van der Waals surface area contributed by atoms with Gasteiger partial charge >= 0.3 is 5.97 Å². The first-order chi connectivity index (χ1) is 8.19. The van der Waals surface area contributed by atoms with E-state index in [1.54, 1.807) is 6.92 Å². The van der Waals surface area contributed by atoms with E-state index in [0.717, 1.165) is 0 Å². The predicted molar refractivity (Wildman–Crippen MR) is 60.2 cm³/mol. The third-order valence-electron chi connectivity index (χ3n) is 2.14. The fourth-order valence-corrected chi connectivity index (χ4v) is 1.43. The van der Waals surface area contributed by atoms with Crippen LogP contribution in [-0.4, -0.2) is 26.8 Å². The van der Waals surface area contributed by atoms with E-state index in [0.29, 0.717) is 5.56 Å². The van der Waals surface area contributed by atoms with Crippen molar-refractivity contribution in [2.45, 2.75) is 6.92 Å². The summed E-state index contributed by atoms with van der Waals surface area (Å²) in [5.41, 5.74) is 0.544. The van der Waals surface area contributed by atoms with Crippen LogP contribution in [0.15, 0.2) is 12.1 Å². The molecule has 0 amide bonds. The minimum Gasteiger partial charge on any atom is -0.492 e. The average molecular weight is 235 g/mol. The lowest BCUT2D eigenvalue weighted by Gasteiger charge is -2.12. The van der Waals surface area contributed by atoms with E-state index in [-0.39, 0.29) is 23.7 Å². The Hall–Kier alpha value is -2.22. The van der Waals surface area contributed by atoms with Crippen LogP contribution >= 0.6 is 0 Å². The lowest BCUT2D eigenvalue weighted by Crippen LogP contribution is -2.08. The highest BCUT2D eigenvalue weighted by Crippen LogP contribution is 2.34. The minimum atomic E-state index is -0.507. The number of carbonyl (C=O) groups is 1. The third-order valence-corrected chi connectivity index (χ3v) is 2.14. The highest BCUT2D eigenvalue weighted by atomic mass is 16.5. The van der Waals surface area contributed by atoms with Gasteiger partial charge in [-0.05, 0) is 19.1 Å². The summed E-state index contributed by atoms with van der Waals surface area (Å²) in [6.07, 6.45) is 0. The van der Waals surface area contributed by atoms with E-state index in [4.69, 9.17) is 19.5 Å². The van der Waals surface area contributed by atoms with Gasteiger partial charge in [-0.25, -0.2) is 4.79 Å². The quantitative estimate of drug-likeness (QED) is 0.743. The van der Waals surface area contributed by atoms with Crippen LogP contribution in [0.4, 0.5) is 0 Å². The molecule has 1 aromatic rings. The van der Waals surface area contributed by atoms with Crippen LogP contribution in [0.3, 0.4) is 0 Å². The van der Waals surface area contributed by atoms with Crippen molar-refractivity contribution in [1.29, 1.82) is 5.26 Å². The Labute approximate surface area is 99.5 Å². The van der Waals surface area contributed by atoms with Crippen molar-refractivity contribution in [3.05, 3.63) is 23.3 Å². The maximum atomic E-state index is 11.7. The monoisotopic (exact) mass is 235 g/mol. The SMILES string of the molecule is CCOC(=O)c1ccc(C#N)c(OC)c1OC. The molecular weight excluding hydrogens is 222 g/mol. The van der Waals surface area contributed by atoms with Crippen molar-refractivity contribution in [3.8, 4) is 17.6 Å². The smallest absolute Gasteiger partial charge is 0.342 e. The predicted octanol–water partition coefficient (Wildman–Crippen LogP) is 1.75. The summed E-state index contributed by atoms with van der Waals surface area (Å²) in [7, 11) is 2.81. The van der Waals surface area contributed by atoms with E-state index in [1.165, 1.54) is 26.4 Å². The molecule has 0 atom stereocenters. The fraction of sp³-hybridized carbons (Fsp3) is 0.333. The molecule has 90 valence electrons. The van der Waals surface area contributed by atoms with Crippen LogP contribution in [0.2, 0.25) is 0 Å². The first-order valence-electron chi connectivity index (χ1n) is 5.01. The van der Waals surface area contributed by atoms with Crippen LogP contribution in [0.25, 0.3) is 0 Å². The largest absolute Gasteiger partial charge is 0.492 e. The van der Waals surface area contributed by atoms with Gasteiger partial charge in [0, 0.05) is 0 Å². The zero-order chi connectivity index (χ0) is 12.8. The van der Waals surface area contributed by atoms with Crippen molar-refractivity contribution in [1.82, 2.24) is 0 Å². The van der Waals surface area contributed by atoms with Gasteiger partial charge < -0.3 is 14.2 Å². The lowest BCUT2D eigenvalue weighted by molar-refractivity contribution is 0.0522. The minimum absolute atomic E-state index is 0.213. The molecule has 17 heavy (non-hydrogen) atoms. The molecule has 1 aromatic carbocycles. The van der Waals surface area contributed by atoms with Gasteiger partial charge in [0.15, 0.2) is 11.5 Å². The van der Waals surface area contributed by atoms with Crippen LogP contribution in [0.1, 0.15) is 22.8 Å². The number of nitrogens with zero attached hydrogens (tertiary/aromatic N) is 1. The molecule has 0 bridgehead atoms. The molecule has 1 rings (SSSR count). The van der Waals surface area contributed by atoms with Crippen molar-refractivity contribution < 1.29 is 19.0 Å². The van der Waals surface area contributed by atoms with Gasteiger partial charge in [-0.2, -0.15) is 5.26 Å². The molecule has 0 aromatic heterocycles. The Balaban J connectivity index is 3.34. The first-order valence-corrected chi connectivity index (χ1v) is 5.01. The molecule has 0 aliphatic carbocycles. The average Bonchev–Trinajstić information content (AvgIpc) is 2.36. The normalized spacial score (nSPS) is 9.29. The van der Waals surface area contributed by atoms with E-state index in [9.17, 15) is 4.79 Å². The van der Waals surface area contributed by atoms with Gasteiger partial charge in [-0.15, -0.1) is 0 Å². The van der Waals surface area contributed by atoms with Crippen LogP contribution < -0.4 is 9.47 Å². The molecule has 0 radical (unpaired) electrons. The summed E-state index contributed by atoms with van der Waals surface area (Å²) in [6.45, 7) is 1.98. The maximum Gasteiger partial charge on any atom is 0.342 e. The second-order valence-electron chi connectivity index (χ2n) is 3.06.